The summed E-state index contributed by atoms with van der Waals surface area (Å²) in [6, 6.07) is 0.194. The third-order valence-corrected chi connectivity index (χ3v) is 2.77. The Bertz CT molecular complexity index is 406. The molecule has 1 aromatic heterocycles. The van der Waals surface area contributed by atoms with E-state index in [1.807, 2.05) is 0 Å². The normalized spacial score (nSPS) is 20.7. The SMILES string of the molecule is COc1nc(Cl)nc(NCC2CN(C)CCO2)n1. The molecule has 2 heterocycles. The second-order valence-corrected chi connectivity index (χ2v) is 4.39. The van der Waals surface area contributed by atoms with Crippen molar-refractivity contribution in [2.24, 2.45) is 0 Å². The molecule has 7 nitrogen and oxygen atoms in total. The molecule has 1 N–H and O–H groups in total. The van der Waals surface area contributed by atoms with Gasteiger partial charge in [-0.25, -0.2) is 0 Å². The Hall–Kier alpha value is -1.18. The Balaban J connectivity index is 1.91. The van der Waals surface area contributed by atoms with Crippen molar-refractivity contribution in [2.75, 3.05) is 45.7 Å². The number of ether oxygens (including phenoxy) is 2. The molecule has 1 aliphatic rings. The van der Waals surface area contributed by atoms with Gasteiger partial charge in [0.25, 0.3) is 0 Å². The topological polar surface area (TPSA) is 72.4 Å². The highest BCUT2D eigenvalue weighted by atomic mass is 35.5. The van der Waals surface area contributed by atoms with E-state index in [0.29, 0.717) is 12.5 Å². The maximum Gasteiger partial charge on any atom is 0.322 e. The van der Waals surface area contributed by atoms with E-state index in [4.69, 9.17) is 21.1 Å². The van der Waals surface area contributed by atoms with Crippen LogP contribution in [0, 0.1) is 0 Å². The number of morpholine rings is 1. The van der Waals surface area contributed by atoms with E-state index in [0.717, 1.165) is 19.7 Å². The van der Waals surface area contributed by atoms with Crippen LogP contribution in [0.1, 0.15) is 0 Å². The maximum absolute atomic E-state index is 5.75. The number of aromatic nitrogens is 3. The van der Waals surface area contributed by atoms with Gasteiger partial charge in [0.05, 0.1) is 19.8 Å². The summed E-state index contributed by atoms with van der Waals surface area (Å²) in [7, 11) is 3.55. The standard InChI is InChI=1S/C10H16ClN5O2/c1-16-3-4-18-7(6-16)5-12-9-13-8(11)14-10(15-9)17-2/h7H,3-6H2,1-2H3,(H,12,13,14,15). The van der Waals surface area contributed by atoms with Gasteiger partial charge in [-0.05, 0) is 18.6 Å². The van der Waals surface area contributed by atoms with Crippen LogP contribution in [-0.4, -0.2) is 66.4 Å². The Morgan fingerprint density at radius 2 is 2.33 bits per heavy atom. The van der Waals surface area contributed by atoms with E-state index in [-0.39, 0.29) is 17.4 Å². The Kier molecular flexibility index (Phi) is 4.51. The zero-order valence-corrected chi connectivity index (χ0v) is 11.1. The molecule has 0 aliphatic carbocycles. The van der Waals surface area contributed by atoms with Crippen LogP contribution >= 0.6 is 11.6 Å². The molecule has 18 heavy (non-hydrogen) atoms. The van der Waals surface area contributed by atoms with Crippen LogP contribution in [0.3, 0.4) is 0 Å². The Labute approximate surface area is 110 Å². The van der Waals surface area contributed by atoms with E-state index in [1.54, 1.807) is 0 Å². The summed E-state index contributed by atoms with van der Waals surface area (Å²) in [6.07, 6.45) is 0.116. The third kappa shape index (κ3) is 3.66. The highest BCUT2D eigenvalue weighted by Crippen LogP contribution is 2.11. The van der Waals surface area contributed by atoms with Gasteiger partial charge in [-0.1, -0.05) is 0 Å². The molecule has 100 valence electrons. The average molecular weight is 274 g/mol. The number of likely N-dealkylation sites (N-methyl/N-ethyl adjacent to an activating group) is 1. The highest BCUT2D eigenvalue weighted by Gasteiger charge is 2.17. The lowest BCUT2D eigenvalue weighted by Crippen LogP contribution is -2.43. The van der Waals surface area contributed by atoms with Crippen LogP contribution in [0.25, 0.3) is 0 Å². The van der Waals surface area contributed by atoms with Crippen LogP contribution in [-0.2, 0) is 4.74 Å². The Morgan fingerprint density at radius 3 is 3.06 bits per heavy atom. The van der Waals surface area contributed by atoms with Gasteiger partial charge >= 0.3 is 6.01 Å². The average Bonchev–Trinajstić information content (AvgIpc) is 2.36. The summed E-state index contributed by atoms with van der Waals surface area (Å²) in [5.41, 5.74) is 0. The number of rotatable bonds is 4. The second kappa shape index (κ2) is 6.12. The molecule has 0 radical (unpaired) electrons. The largest absolute Gasteiger partial charge is 0.467 e. The molecule has 1 aromatic rings. The van der Waals surface area contributed by atoms with Gasteiger partial charge in [0, 0.05) is 19.6 Å². The zero-order valence-electron chi connectivity index (χ0n) is 10.4. The van der Waals surface area contributed by atoms with Crippen molar-refractivity contribution >= 4 is 17.5 Å². The van der Waals surface area contributed by atoms with Gasteiger partial charge in [-0.15, -0.1) is 0 Å². The minimum atomic E-state index is 0.103. The first-order valence-electron chi connectivity index (χ1n) is 5.67. The van der Waals surface area contributed by atoms with E-state index in [1.165, 1.54) is 7.11 Å². The summed E-state index contributed by atoms with van der Waals surface area (Å²) >= 11 is 5.75. The lowest BCUT2D eigenvalue weighted by atomic mass is 10.3. The van der Waals surface area contributed by atoms with E-state index in [2.05, 4.69) is 32.2 Å². The summed E-state index contributed by atoms with van der Waals surface area (Å²) in [4.78, 5) is 14.0. The maximum atomic E-state index is 5.75. The lowest BCUT2D eigenvalue weighted by Gasteiger charge is -2.30. The first-order chi connectivity index (χ1) is 8.67. The third-order valence-electron chi connectivity index (χ3n) is 2.60. The van der Waals surface area contributed by atoms with Crippen LogP contribution < -0.4 is 10.1 Å². The monoisotopic (exact) mass is 273 g/mol. The first-order valence-corrected chi connectivity index (χ1v) is 6.05. The fraction of sp³-hybridized carbons (Fsp3) is 0.700. The van der Waals surface area contributed by atoms with E-state index >= 15 is 0 Å². The van der Waals surface area contributed by atoms with Crippen molar-refractivity contribution in [3.8, 4) is 6.01 Å². The fourth-order valence-corrected chi connectivity index (χ4v) is 1.85. The molecule has 1 saturated heterocycles. The Morgan fingerprint density at radius 1 is 1.50 bits per heavy atom. The number of halogens is 1. The predicted molar refractivity (Wildman–Crippen MR) is 67.1 cm³/mol. The van der Waals surface area contributed by atoms with Crippen molar-refractivity contribution in [1.29, 1.82) is 0 Å². The van der Waals surface area contributed by atoms with Crippen molar-refractivity contribution in [3.63, 3.8) is 0 Å². The zero-order chi connectivity index (χ0) is 13.0. The number of nitrogens with one attached hydrogen (secondary N) is 1. The molecule has 0 bridgehead atoms. The molecule has 2 rings (SSSR count). The molecule has 0 saturated carbocycles. The second-order valence-electron chi connectivity index (χ2n) is 4.05. The van der Waals surface area contributed by atoms with Crippen LogP contribution in [0.2, 0.25) is 5.28 Å². The number of methoxy groups -OCH3 is 1. The van der Waals surface area contributed by atoms with Gasteiger partial charge in [0.15, 0.2) is 0 Å². The van der Waals surface area contributed by atoms with Crippen LogP contribution in [0.15, 0.2) is 0 Å². The summed E-state index contributed by atoms with van der Waals surface area (Å²) in [6.45, 7) is 3.20. The molecular weight excluding hydrogens is 258 g/mol. The summed E-state index contributed by atoms with van der Waals surface area (Å²) in [5, 5.41) is 3.17. The lowest BCUT2D eigenvalue weighted by molar-refractivity contribution is -0.0118. The number of nitrogens with zero attached hydrogens (tertiary/aromatic N) is 4. The van der Waals surface area contributed by atoms with Gasteiger partial charge in [-0.3, -0.25) is 0 Å². The predicted octanol–water partition coefficient (Wildman–Crippen LogP) is 0.276. The first kappa shape index (κ1) is 13.3. The fourth-order valence-electron chi connectivity index (χ4n) is 1.70. The van der Waals surface area contributed by atoms with Gasteiger partial charge in [0.1, 0.15) is 0 Å². The summed E-state index contributed by atoms with van der Waals surface area (Å²) < 4.78 is 10.5. The van der Waals surface area contributed by atoms with E-state index in [9.17, 15) is 0 Å². The quantitative estimate of drug-likeness (QED) is 0.844. The van der Waals surface area contributed by atoms with Crippen molar-refractivity contribution in [2.45, 2.75) is 6.10 Å². The molecule has 1 atom stereocenters. The highest BCUT2D eigenvalue weighted by molar-refractivity contribution is 6.28. The molecule has 0 amide bonds. The van der Waals surface area contributed by atoms with Gasteiger partial charge in [-0.2, -0.15) is 15.0 Å². The van der Waals surface area contributed by atoms with Crippen molar-refractivity contribution in [1.82, 2.24) is 19.9 Å². The molecule has 1 fully saturated rings. The van der Waals surface area contributed by atoms with E-state index < -0.39 is 0 Å². The molecule has 8 heteroatoms. The molecule has 0 aromatic carbocycles. The molecule has 1 unspecified atom stereocenters. The minimum Gasteiger partial charge on any atom is -0.467 e. The van der Waals surface area contributed by atoms with Crippen molar-refractivity contribution in [3.05, 3.63) is 5.28 Å². The minimum absolute atomic E-state index is 0.103. The summed E-state index contributed by atoms with van der Waals surface area (Å²) in [5.74, 6) is 0.392. The molecule has 0 spiro atoms. The van der Waals surface area contributed by atoms with Crippen LogP contribution in [0.4, 0.5) is 5.95 Å². The molecular formula is C10H16ClN5O2. The smallest absolute Gasteiger partial charge is 0.322 e. The molecule has 1 aliphatic heterocycles. The number of hydrogen-bond donors (Lipinski definition) is 1. The number of anilines is 1. The number of hydrogen-bond acceptors (Lipinski definition) is 7. The van der Waals surface area contributed by atoms with Crippen LogP contribution in [0.5, 0.6) is 6.01 Å². The van der Waals surface area contributed by atoms with Gasteiger partial charge < -0.3 is 19.7 Å². The van der Waals surface area contributed by atoms with Crippen molar-refractivity contribution < 1.29 is 9.47 Å². The van der Waals surface area contributed by atoms with Gasteiger partial charge in [0.2, 0.25) is 11.2 Å².